The molecule has 0 aliphatic heterocycles. The third-order valence-electron chi connectivity index (χ3n) is 3.04. The summed E-state index contributed by atoms with van der Waals surface area (Å²) in [7, 11) is 0. The molecule has 2 aliphatic rings. The second-order valence-corrected chi connectivity index (χ2v) is 11.7. The number of rotatable bonds is 0. The standard InChI is InChI=1S/C9H8Br4O2/c10-8(11)2-4-1-5(7(8)15)3-9(12,13)6(4)14/h4-5H,1-3H2/t4-,5-/m1/s1. The minimum Gasteiger partial charge on any atom is -0.297 e. The topological polar surface area (TPSA) is 34.1 Å². The van der Waals surface area contributed by atoms with Gasteiger partial charge in [0.1, 0.15) is 6.47 Å². The summed E-state index contributed by atoms with van der Waals surface area (Å²) in [5.74, 6) is 0.182. The van der Waals surface area contributed by atoms with Crippen LogP contribution in [0.15, 0.2) is 0 Å². The van der Waals surface area contributed by atoms with Crippen LogP contribution in [0.4, 0.5) is 0 Å². The van der Waals surface area contributed by atoms with E-state index in [-0.39, 0.29) is 23.4 Å². The Morgan fingerprint density at radius 2 is 1.20 bits per heavy atom. The van der Waals surface area contributed by atoms with Gasteiger partial charge in [0.25, 0.3) is 0 Å². The van der Waals surface area contributed by atoms with E-state index in [1.807, 2.05) is 0 Å². The van der Waals surface area contributed by atoms with Crippen molar-refractivity contribution >= 4 is 75.3 Å². The molecule has 0 N–H and O–H groups in total. The number of hydrogen-bond acceptors (Lipinski definition) is 2. The maximum atomic E-state index is 12.0. The summed E-state index contributed by atoms with van der Waals surface area (Å²) in [6.07, 6.45) is 1.75. The van der Waals surface area contributed by atoms with E-state index in [1.54, 1.807) is 0 Å². The van der Waals surface area contributed by atoms with Gasteiger partial charge in [0, 0.05) is 11.8 Å². The summed E-state index contributed by atoms with van der Waals surface area (Å²) in [6.45, 7) is 0. The van der Waals surface area contributed by atoms with Gasteiger partial charge in [-0.1, -0.05) is 63.7 Å². The largest absolute Gasteiger partial charge is 0.297 e. The smallest absolute Gasteiger partial charge is 0.163 e. The van der Waals surface area contributed by atoms with E-state index in [4.69, 9.17) is 0 Å². The molecule has 2 bridgehead atoms. The molecule has 2 saturated carbocycles. The van der Waals surface area contributed by atoms with Crippen molar-refractivity contribution in [2.45, 2.75) is 25.7 Å². The third-order valence-corrected chi connectivity index (χ3v) is 5.90. The highest BCUT2D eigenvalue weighted by Gasteiger charge is 2.55. The van der Waals surface area contributed by atoms with Crippen molar-refractivity contribution < 1.29 is 9.59 Å². The van der Waals surface area contributed by atoms with E-state index in [1.165, 1.54) is 0 Å². The second kappa shape index (κ2) is 3.89. The average Bonchev–Trinajstić information content (AvgIpc) is 2.09. The zero-order valence-corrected chi connectivity index (χ0v) is 13.9. The summed E-state index contributed by atoms with van der Waals surface area (Å²) < 4.78 is -1.39. The van der Waals surface area contributed by atoms with Crippen LogP contribution in [0.5, 0.6) is 0 Å². The van der Waals surface area contributed by atoms with E-state index < -0.39 is 6.47 Å². The Labute approximate surface area is 121 Å². The van der Waals surface area contributed by atoms with Crippen molar-refractivity contribution in [3.63, 3.8) is 0 Å². The van der Waals surface area contributed by atoms with Crippen LogP contribution >= 0.6 is 63.7 Å². The van der Waals surface area contributed by atoms with Crippen molar-refractivity contribution in [1.82, 2.24) is 0 Å². The maximum Gasteiger partial charge on any atom is 0.163 e. The fourth-order valence-electron chi connectivity index (χ4n) is 2.33. The Morgan fingerprint density at radius 3 is 1.53 bits per heavy atom. The first-order valence-electron chi connectivity index (χ1n) is 4.58. The summed E-state index contributed by atoms with van der Waals surface area (Å²) in [5, 5.41) is 0. The lowest BCUT2D eigenvalue weighted by Crippen LogP contribution is -2.51. The SMILES string of the molecule is O=C1[C@@H]2C[C@H](CC1(Br)Br)C(=O)C(Br)(Br)C2. The van der Waals surface area contributed by atoms with Crippen LogP contribution in [-0.4, -0.2) is 18.0 Å². The Balaban J connectivity index is 2.34. The van der Waals surface area contributed by atoms with Gasteiger partial charge in [-0.2, -0.15) is 0 Å². The molecule has 2 aliphatic carbocycles. The Morgan fingerprint density at radius 1 is 0.867 bits per heavy atom. The van der Waals surface area contributed by atoms with Crippen molar-refractivity contribution in [2.24, 2.45) is 11.8 Å². The summed E-state index contributed by atoms with van der Waals surface area (Å²) in [6, 6.07) is 0. The van der Waals surface area contributed by atoms with Gasteiger partial charge >= 0.3 is 0 Å². The van der Waals surface area contributed by atoms with Gasteiger partial charge in [-0.15, -0.1) is 0 Å². The molecule has 2 nitrogen and oxygen atoms in total. The number of carbonyl (C=O) groups is 2. The first kappa shape index (κ1) is 12.7. The van der Waals surface area contributed by atoms with Crippen LogP contribution < -0.4 is 0 Å². The molecule has 2 fully saturated rings. The molecular weight excluding hydrogens is 460 g/mol. The minimum absolute atomic E-state index is 0.0565. The monoisotopic (exact) mass is 464 g/mol. The molecule has 2 atom stereocenters. The molecule has 0 heterocycles. The lowest BCUT2D eigenvalue weighted by molar-refractivity contribution is -0.134. The fourth-order valence-corrected chi connectivity index (χ4v) is 5.19. The quantitative estimate of drug-likeness (QED) is 0.511. The predicted octanol–water partition coefficient (Wildman–Crippen LogP) is 3.53. The van der Waals surface area contributed by atoms with Crippen LogP contribution in [0.3, 0.4) is 0 Å². The van der Waals surface area contributed by atoms with Gasteiger partial charge in [0.2, 0.25) is 0 Å². The number of hydrogen-bond donors (Lipinski definition) is 0. The van der Waals surface area contributed by atoms with Crippen LogP contribution in [0.2, 0.25) is 0 Å². The van der Waals surface area contributed by atoms with E-state index in [9.17, 15) is 9.59 Å². The number of alkyl halides is 4. The van der Waals surface area contributed by atoms with E-state index in [2.05, 4.69) is 63.7 Å². The van der Waals surface area contributed by atoms with Crippen LogP contribution in [0.25, 0.3) is 0 Å². The number of fused-ring (bicyclic) bond motifs is 2. The average molecular weight is 468 g/mol. The number of Topliss-reactive ketones (excluding diaryl/α,β-unsaturated/α-hetero) is 2. The number of carbonyl (C=O) groups excluding carboxylic acids is 2. The highest BCUT2D eigenvalue weighted by molar-refractivity contribution is 9.26. The zero-order chi connectivity index (χ0) is 11.4. The molecule has 15 heavy (non-hydrogen) atoms. The Hall–Kier alpha value is 1.26. The fraction of sp³-hybridized carbons (Fsp3) is 0.778. The van der Waals surface area contributed by atoms with Gasteiger partial charge in [-0.05, 0) is 19.3 Å². The molecule has 2 rings (SSSR count). The normalized spacial score (nSPS) is 37.9. The van der Waals surface area contributed by atoms with Crippen molar-refractivity contribution in [3.05, 3.63) is 0 Å². The van der Waals surface area contributed by atoms with Gasteiger partial charge < -0.3 is 0 Å². The number of ketones is 2. The number of halogens is 4. The van der Waals surface area contributed by atoms with Gasteiger partial charge in [0.15, 0.2) is 11.6 Å². The third kappa shape index (κ3) is 2.16. The molecule has 0 radical (unpaired) electrons. The highest BCUT2D eigenvalue weighted by Crippen LogP contribution is 2.53. The molecule has 6 heteroatoms. The first-order chi connectivity index (χ1) is 6.74. The van der Waals surface area contributed by atoms with E-state index >= 15 is 0 Å². The van der Waals surface area contributed by atoms with Gasteiger partial charge in [0.05, 0.1) is 0 Å². The van der Waals surface area contributed by atoms with Crippen LogP contribution in [0.1, 0.15) is 19.3 Å². The van der Waals surface area contributed by atoms with Gasteiger partial charge in [-0.25, -0.2) is 0 Å². The zero-order valence-electron chi connectivity index (χ0n) is 7.60. The highest BCUT2D eigenvalue weighted by atomic mass is 79.9. The minimum atomic E-state index is -0.695. The van der Waals surface area contributed by atoms with Crippen molar-refractivity contribution in [2.75, 3.05) is 0 Å². The molecule has 0 aromatic rings. The molecule has 0 unspecified atom stereocenters. The van der Waals surface area contributed by atoms with Crippen LogP contribution in [0, 0.1) is 11.8 Å². The summed E-state index contributed by atoms with van der Waals surface area (Å²) in [4.78, 5) is 24.0. The molecule has 0 aromatic heterocycles. The lowest BCUT2D eigenvalue weighted by Gasteiger charge is -2.43. The predicted molar refractivity (Wildman–Crippen MR) is 72.0 cm³/mol. The first-order valence-corrected chi connectivity index (χ1v) is 7.75. The summed E-state index contributed by atoms with van der Waals surface area (Å²) in [5.41, 5.74) is 0. The van der Waals surface area contributed by atoms with Crippen molar-refractivity contribution in [1.29, 1.82) is 0 Å². The van der Waals surface area contributed by atoms with Crippen LogP contribution in [-0.2, 0) is 9.59 Å². The molecule has 0 saturated heterocycles. The molecule has 0 aromatic carbocycles. The summed E-state index contributed by atoms with van der Waals surface area (Å²) >= 11 is 13.5. The molecular formula is C9H8Br4O2. The Kier molecular flexibility index (Phi) is 3.29. The van der Waals surface area contributed by atoms with E-state index in [0.29, 0.717) is 19.3 Å². The second-order valence-electron chi connectivity index (χ2n) is 4.18. The Bertz CT molecular complexity index is 305. The van der Waals surface area contributed by atoms with Gasteiger partial charge in [-0.3, -0.25) is 9.59 Å². The molecule has 0 spiro atoms. The van der Waals surface area contributed by atoms with E-state index in [0.717, 1.165) is 0 Å². The molecule has 0 amide bonds. The van der Waals surface area contributed by atoms with Crippen molar-refractivity contribution in [3.8, 4) is 0 Å². The molecule has 84 valence electrons. The maximum absolute atomic E-state index is 12.0. The lowest BCUT2D eigenvalue weighted by atomic mass is 9.71.